The Labute approximate surface area is 149 Å². The Kier molecular flexibility index (Phi) is 9.71. The third-order valence-electron chi connectivity index (χ3n) is 2.65. The largest absolute Gasteiger partial charge is 0.469 e. The van der Waals surface area contributed by atoms with Crippen LogP contribution in [0, 0.1) is 0 Å². The summed E-state index contributed by atoms with van der Waals surface area (Å²) in [5.41, 5.74) is 0. The van der Waals surface area contributed by atoms with Gasteiger partial charge >= 0.3 is 8.80 Å². The molecule has 0 heterocycles. The average Bonchev–Trinajstić information content (AvgIpc) is 2.20. The number of hydrogen-bond acceptors (Lipinski definition) is 4. The summed E-state index contributed by atoms with van der Waals surface area (Å²) in [6.45, 7) is 24.5. The Morgan fingerprint density at radius 1 is 0.652 bits per heavy atom. The molecule has 0 radical (unpaired) electrons. The molecule has 140 valence electrons. The van der Waals surface area contributed by atoms with Crippen LogP contribution in [0.15, 0.2) is 0 Å². The molecule has 0 unspecified atom stereocenters. The molecule has 0 aliphatic heterocycles. The molecule has 4 nitrogen and oxygen atoms in total. The van der Waals surface area contributed by atoms with Gasteiger partial charge in [-0.2, -0.15) is 0 Å². The highest BCUT2D eigenvalue weighted by Gasteiger charge is 2.49. The Morgan fingerprint density at radius 2 is 1.04 bits per heavy atom. The van der Waals surface area contributed by atoms with Gasteiger partial charge in [0.2, 0.25) is 0 Å². The minimum atomic E-state index is -2.62. The van der Waals surface area contributed by atoms with Crippen molar-refractivity contribution in [1.82, 2.24) is 5.32 Å². The van der Waals surface area contributed by atoms with E-state index in [9.17, 15) is 0 Å². The van der Waals surface area contributed by atoms with Gasteiger partial charge in [0, 0.05) is 6.04 Å². The van der Waals surface area contributed by atoms with E-state index >= 15 is 0 Å². The molecule has 0 fully saturated rings. The Hall–Kier alpha value is 0.708. The minimum Gasteiger partial charge on any atom is -0.417 e. The molecule has 23 heavy (non-hydrogen) atoms. The van der Waals surface area contributed by atoms with Crippen LogP contribution in [0.25, 0.3) is 0 Å². The fourth-order valence-corrected chi connectivity index (χ4v) is 17.0. The van der Waals surface area contributed by atoms with E-state index < -0.39 is 33.8 Å². The van der Waals surface area contributed by atoms with E-state index in [4.69, 9.17) is 12.3 Å². The quantitative estimate of drug-likeness (QED) is 0.378. The molecular weight excluding hydrogens is 355 g/mol. The number of nitrogens with one attached hydrogen (secondary N) is 1. The second-order valence-electron chi connectivity index (χ2n) is 9.18. The van der Waals surface area contributed by atoms with E-state index in [2.05, 4.69) is 71.2 Å². The smallest absolute Gasteiger partial charge is 0.417 e. The molecule has 0 aliphatic rings. The van der Waals surface area contributed by atoms with Gasteiger partial charge in [-0.05, 0) is 84.9 Å². The lowest BCUT2D eigenvalue weighted by Gasteiger charge is -2.43. The summed E-state index contributed by atoms with van der Waals surface area (Å²) in [6.07, 6.45) is 2.23. The lowest BCUT2D eigenvalue weighted by molar-refractivity contribution is 0.250. The first-order chi connectivity index (χ1) is 10.2. The Morgan fingerprint density at radius 3 is 1.35 bits per heavy atom. The third-order valence-corrected chi connectivity index (χ3v) is 14.7. The SMILES string of the molecule is CCCNCCC[Si](O[Si](C)(C)C)(O[Si](C)(C)C)O[Si](C)(C)C. The molecule has 8 heteroatoms. The molecule has 0 saturated heterocycles. The zero-order valence-corrected chi connectivity index (χ0v) is 21.3. The van der Waals surface area contributed by atoms with Crippen molar-refractivity contribution in [3.63, 3.8) is 0 Å². The third kappa shape index (κ3) is 13.7. The van der Waals surface area contributed by atoms with Crippen molar-refractivity contribution in [2.75, 3.05) is 13.1 Å². The van der Waals surface area contributed by atoms with Crippen molar-refractivity contribution in [2.45, 2.75) is 84.7 Å². The van der Waals surface area contributed by atoms with Gasteiger partial charge in [0.1, 0.15) is 0 Å². The second-order valence-corrected chi connectivity index (χ2v) is 26.2. The number of hydrogen-bond donors (Lipinski definition) is 1. The predicted octanol–water partition coefficient (Wildman–Crippen LogP) is 4.87. The molecule has 0 aliphatic carbocycles. The predicted molar refractivity (Wildman–Crippen MR) is 112 cm³/mol. The van der Waals surface area contributed by atoms with Gasteiger partial charge in [-0.15, -0.1) is 0 Å². The lowest BCUT2D eigenvalue weighted by atomic mass is 10.4. The Bertz CT molecular complexity index is 294. The van der Waals surface area contributed by atoms with Crippen LogP contribution in [0.3, 0.4) is 0 Å². The van der Waals surface area contributed by atoms with E-state index in [1.807, 2.05) is 0 Å². The first-order valence-electron chi connectivity index (χ1n) is 8.99. The van der Waals surface area contributed by atoms with Gasteiger partial charge in [-0.25, -0.2) is 0 Å². The zero-order chi connectivity index (χ0) is 18.4. The summed E-state index contributed by atoms with van der Waals surface area (Å²) in [5.74, 6) is 0. The van der Waals surface area contributed by atoms with Gasteiger partial charge < -0.3 is 17.7 Å². The maximum Gasteiger partial charge on any atom is 0.469 e. The first-order valence-corrected chi connectivity index (χ1v) is 21.1. The van der Waals surface area contributed by atoms with Gasteiger partial charge in [-0.1, -0.05) is 6.92 Å². The average molecular weight is 396 g/mol. The van der Waals surface area contributed by atoms with Crippen LogP contribution < -0.4 is 5.32 Å². The van der Waals surface area contributed by atoms with Gasteiger partial charge in [0.25, 0.3) is 0 Å². The van der Waals surface area contributed by atoms with E-state index in [0.29, 0.717) is 0 Å². The lowest BCUT2D eigenvalue weighted by Crippen LogP contribution is -2.60. The molecule has 0 bridgehead atoms. The van der Waals surface area contributed by atoms with Gasteiger partial charge in [-0.3, -0.25) is 0 Å². The van der Waals surface area contributed by atoms with Crippen molar-refractivity contribution < 1.29 is 12.3 Å². The van der Waals surface area contributed by atoms with Crippen LogP contribution in [0.1, 0.15) is 19.8 Å². The molecule has 0 atom stereocenters. The topological polar surface area (TPSA) is 39.7 Å². The van der Waals surface area contributed by atoms with E-state index in [1.54, 1.807) is 0 Å². The van der Waals surface area contributed by atoms with Crippen LogP contribution >= 0.6 is 0 Å². The van der Waals surface area contributed by atoms with Crippen LogP contribution in [0.4, 0.5) is 0 Å². The Balaban J connectivity index is 5.21. The molecule has 1 N–H and O–H groups in total. The van der Waals surface area contributed by atoms with Crippen molar-refractivity contribution in [2.24, 2.45) is 0 Å². The molecule has 0 amide bonds. The van der Waals surface area contributed by atoms with Crippen LogP contribution in [0.2, 0.25) is 65.0 Å². The highest BCUT2D eigenvalue weighted by Crippen LogP contribution is 2.29. The summed E-state index contributed by atoms with van der Waals surface area (Å²) < 4.78 is 20.0. The van der Waals surface area contributed by atoms with Crippen molar-refractivity contribution >= 4 is 33.8 Å². The van der Waals surface area contributed by atoms with Gasteiger partial charge in [0.15, 0.2) is 25.0 Å². The van der Waals surface area contributed by atoms with Crippen molar-refractivity contribution in [1.29, 1.82) is 0 Å². The second kappa shape index (κ2) is 9.42. The van der Waals surface area contributed by atoms with Crippen molar-refractivity contribution in [3.8, 4) is 0 Å². The molecule has 0 spiro atoms. The summed E-state index contributed by atoms with van der Waals surface area (Å²) in [7, 11) is -7.81. The fraction of sp³-hybridized carbons (Fsp3) is 1.00. The minimum absolute atomic E-state index is 0.933. The molecule has 0 saturated carbocycles. The highest BCUT2D eigenvalue weighted by molar-refractivity contribution is 6.90. The van der Waals surface area contributed by atoms with E-state index in [1.165, 1.54) is 6.42 Å². The summed E-state index contributed by atoms with van der Waals surface area (Å²) in [4.78, 5) is 0. The molecular formula is C15H41NO3Si4. The van der Waals surface area contributed by atoms with Gasteiger partial charge in [0.05, 0.1) is 0 Å². The summed E-state index contributed by atoms with van der Waals surface area (Å²) in [6, 6.07) is 0.933. The highest BCUT2D eigenvalue weighted by atomic mass is 28.5. The first kappa shape index (κ1) is 23.7. The maximum absolute atomic E-state index is 6.66. The standard InChI is InChI=1S/C15H41NO3Si4/c1-11-13-16-14-12-15-23(17-20(2,3)4,18-21(5,6)7)19-22(8,9)10/h16H,11-15H2,1-10H3. The molecule has 0 aromatic rings. The maximum atomic E-state index is 6.66. The van der Waals surface area contributed by atoms with E-state index in [-0.39, 0.29) is 0 Å². The van der Waals surface area contributed by atoms with Crippen LogP contribution in [-0.4, -0.2) is 46.8 Å². The molecule has 0 rings (SSSR count). The van der Waals surface area contributed by atoms with Crippen LogP contribution in [-0.2, 0) is 12.3 Å². The monoisotopic (exact) mass is 395 g/mol. The summed E-state index contributed by atoms with van der Waals surface area (Å²) >= 11 is 0. The van der Waals surface area contributed by atoms with Crippen molar-refractivity contribution in [3.05, 3.63) is 0 Å². The van der Waals surface area contributed by atoms with E-state index in [0.717, 1.165) is 25.6 Å². The summed E-state index contributed by atoms with van der Waals surface area (Å²) in [5, 5.41) is 3.49. The fourth-order valence-electron chi connectivity index (χ4n) is 2.35. The molecule has 0 aromatic carbocycles. The normalized spacial score (nSPS) is 14.3. The number of rotatable bonds is 12. The van der Waals surface area contributed by atoms with Crippen LogP contribution in [0.5, 0.6) is 0 Å². The zero-order valence-electron chi connectivity index (χ0n) is 17.3. The molecule has 0 aromatic heterocycles.